The standard InChI is InChI=1S/C25H22ClN3O4S/c1-15-4-6-16(7-5-15)13-32-25(34)29-20-9-8-17(10-19(20)26)33-24-18-11-22(30-2)23(31-3)12-21(18)27-14-28-24/h4-12,14H,13H2,1-3H3,(H,29,34). The van der Waals surface area contributed by atoms with Crippen molar-refractivity contribution in [3.8, 4) is 23.1 Å². The summed E-state index contributed by atoms with van der Waals surface area (Å²) in [6.07, 6.45) is 1.42. The molecule has 9 heteroatoms. The van der Waals surface area contributed by atoms with E-state index in [0.717, 1.165) is 5.56 Å². The summed E-state index contributed by atoms with van der Waals surface area (Å²) in [6, 6.07) is 16.8. The van der Waals surface area contributed by atoms with Crippen LogP contribution < -0.4 is 19.5 Å². The smallest absolute Gasteiger partial charge is 0.261 e. The van der Waals surface area contributed by atoms with Crippen LogP contribution >= 0.6 is 23.8 Å². The second-order valence-corrected chi connectivity index (χ2v) is 8.11. The number of nitrogens with one attached hydrogen (secondary N) is 1. The first-order chi connectivity index (χ1) is 16.5. The van der Waals surface area contributed by atoms with Crippen LogP contribution in [0, 0.1) is 6.92 Å². The van der Waals surface area contributed by atoms with Crippen LogP contribution in [0.2, 0.25) is 5.02 Å². The minimum atomic E-state index is 0.221. The van der Waals surface area contributed by atoms with E-state index in [1.165, 1.54) is 11.9 Å². The lowest BCUT2D eigenvalue weighted by molar-refractivity contribution is 0.300. The van der Waals surface area contributed by atoms with Gasteiger partial charge in [-0.15, -0.1) is 0 Å². The summed E-state index contributed by atoms with van der Waals surface area (Å²) < 4.78 is 22.4. The second-order valence-electron chi connectivity index (χ2n) is 7.33. The van der Waals surface area contributed by atoms with Crippen LogP contribution in [0.15, 0.2) is 60.9 Å². The van der Waals surface area contributed by atoms with Gasteiger partial charge in [-0.25, -0.2) is 9.97 Å². The molecule has 0 radical (unpaired) electrons. The zero-order chi connectivity index (χ0) is 24.1. The molecule has 4 rings (SSSR count). The number of thiocarbonyl (C=S) groups is 1. The zero-order valence-electron chi connectivity index (χ0n) is 18.8. The lowest BCUT2D eigenvalue weighted by Crippen LogP contribution is -2.13. The Balaban J connectivity index is 1.46. The number of hydrogen-bond acceptors (Lipinski definition) is 7. The van der Waals surface area contributed by atoms with Crippen molar-refractivity contribution < 1.29 is 18.9 Å². The number of nitrogens with zero attached hydrogens (tertiary/aromatic N) is 2. The predicted molar refractivity (Wildman–Crippen MR) is 136 cm³/mol. The van der Waals surface area contributed by atoms with Crippen LogP contribution in [0.5, 0.6) is 23.1 Å². The summed E-state index contributed by atoms with van der Waals surface area (Å²) in [6.45, 7) is 2.40. The third-order valence-electron chi connectivity index (χ3n) is 4.99. The van der Waals surface area contributed by atoms with Gasteiger partial charge in [0.05, 0.1) is 35.8 Å². The highest BCUT2D eigenvalue weighted by Crippen LogP contribution is 2.36. The van der Waals surface area contributed by atoms with Crippen molar-refractivity contribution in [1.29, 1.82) is 0 Å². The van der Waals surface area contributed by atoms with E-state index in [0.29, 0.717) is 51.3 Å². The SMILES string of the molecule is COc1cc2ncnc(Oc3ccc(NC(=S)OCc4ccc(C)cc4)c(Cl)c3)c2cc1OC. The van der Waals surface area contributed by atoms with Crippen molar-refractivity contribution in [1.82, 2.24) is 9.97 Å². The van der Waals surface area contributed by atoms with Gasteiger partial charge in [-0.05, 0) is 42.9 Å². The lowest BCUT2D eigenvalue weighted by atomic mass is 10.2. The molecule has 0 bridgehead atoms. The molecule has 0 saturated carbocycles. The fraction of sp³-hybridized carbons (Fsp3) is 0.160. The Morgan fingerprint density at radius 2 is 1.71 bits per heavy atom. The maximum absolute atomic E-state index is 6.45. The Morgan fingerprint density at radius 3 is 2.41 bits per heavy atom. The molecule has 0 saturated heterocycles. The fourth-order valence-electron chi connectivity index (χ4n) is 3.19. The van der Waals surface area contributed by atoms with Crippen molar-refractivity contribution in [2.45, 2.75) is 13.5 Å². The Bertz CT molecular complexity index is 1330. The lowest BCUT2D eigenvalue weighted by Gasteiger charge is -2.13. The number of ether oxygens (including phenoxy) is 4. The molecule has 7 nitrogen and oxygen atoms in total. The Kier molecular flexibility index (Phi) is 7.30. The number of halogens is 1. The van der Waals surface area contributed by atoms with Gasteiger partial charge in [0.15, 0.2) is 11.5 Å². The van der Waals surface area contributed by atoms with E-state index in [1.807, 2.05) is 31.2 Å². The van der Waals surface area contributed by atoms with Gasteiger partial charge in [0.1, 0.15) is 18.7 Å². The van der Waals surface area contributed by atoms with Gasteiger partial charge >= 0.3 is 0 Å². The highest BCUT2D eigenvalue weighted by molar-refractivity contribution is 7.80. The van der Waals surface area contributed by atoms with Gasteiger partial charge in [0.2, 0.25) is 5.88 Å². The molecule has 174 valence electrons. The summed E-state index contributed by atoms with van der Waals surface area (Å²) in [5.41, 5.74) is 3.47. The van der Waals surface area contributed by atoms with Crippen molar-refractivity contribution in [3.63, 3.8) is 0 Å². The molecule has 0 aliphatic rings. The number of fused-ring (bicyclic) bond motifs is 1. The molecule has 1 N–H and O–H groups in total. The summed E-state index contributed by atoms with van der Waals surface area (Å²) >= 11 is 11.7. The fourth-order valence-corrected chi connectivity index (χ4v) is 3.58. The summed E-state index contributed by atoms with van der Waals surface area (Å²) in [5, 5.41) is 4.31. The van der Waals surface area contributed by atoms with Crippen molar-refractivity contribution in [2.24, 2.45) is 0 Å². The average molecular weight is 496 g/mol. The second kappa shape index (κ2) is 10.5. The van der Waals surface area contributed by atoms with Gasteiger partial charge in [-0.2, -0.15) is 0 Å². The van der Waals surface area contributed by atoms with Crippen LogP contribution in [0.1, 0.15) is 11.1 Å². The minimum absolute atomic E-state index is 0.221. The van der Waals surface area contributed by atoms with Crippen LogP contribution in [-0.2, 0) is 11.3 Å². The predicted octanol–water partition coefficient (Wildman–Crippen LogP) is 6.31. The summed E-state index contributed by atoms with van der Waals surface area (Å²) in [7, 11) is 3.13. The van der Waals surface area contributed by atoms with Crippen molar-refractivity contribution >= 4 is 45.6 Å². The van der Waals surface area contributed by atoms with E-state index in [2.05, 4.69) is 15.3 Å². The topological polar surface area (TPSA) is 74.7 Å². The van der Waals surface area contributed by atoms with Gasteiger partial charge in [-0.3, -0.25) is 0 Å². The van der Waals surface area contributed by atoms with Gasteiger partial charge in [0.25, 0.3) is 5.17 Å². The Morgan fingerprint density at radius 1 is 0.971 bits per heavy atom. The Hall–Kier alpha value is -3.62. The first-order valence-corrected chi connectivity index (χ1v) is 11.1. The molecule has 0 unspecified atom stereocenters. The van der Waals surface area contributed by atoms with E-state index in [4.69, 9.17) is 42.8 Å². The molecule has 4 aromatic rings. The minimum Gasteiger partial charge on any atom is -0.493 e. The first-order valence-electron chi connectivity index (χ1n) is 10.3. The molecule has 0 aliphatic heterocycles. The van der Waals surface area contributed by atoms with E-state index in [9.17, 15) is 0 Å². The number of anilines is 1. The molecule has 1 heterocycles. The Labute approximate surface area is 207 Å². The molecular formula is C25H22ClN3O4S. The molecule has 0 atom stereocenters. The maximum Gasteiger partial charge on any atom is 0.261 e. The van der Waals surface area contributed by atoms with Crippen LogP contribution in [0.4, 0.5) is 5.69 Å². The zero-order valence-corrected chi connectivity index (χ0v) is 20.4. The molecule has 0 amide bonds. The van der Waals surface area contributed by atoms with Crippen LogP contribution in [-0.4, -0.2) is 29.4 Å². The van der Waals surface area contributed by atoms with Crippen LogP contribution in [0.25, 0.3) is 10.9 Å². The first kappa shape index (κ1) is 23.5. The van der Waals surface area contributed by atoms with E-state index in [-0.39, 0.29) is 5.17 Å². The summed E-state index contributed by atoms with van der Waals surface area (Å²) in [4.78, 5) is 8.55. The molecule has 0 spiro atoms. The van der Waals surface area contributed by atoms with E-state index >= 15 is 0 Å². The molecule has 0 fully saturated rings. The number of aromatic nitrogens is 2. The van der Waals surface area contributed by atoms with E-state index < -0.39 is 0 Å². The number of hydrogen-bond donors (Lipinski definition) is 1. The quantitative estimate of drug-likeness (QED) is 0.299. The average Bonchev–Trinajstić information content (AvgIpc) is 2.84. The molecular weight excluding hydrogens is 474 g/mol. The monoisotopic (exact) mass is 495 g/mol. The maximum atomic E-state index is 6.45. The van der Waals surface area contributed by atoms with Gasteiger partial charge in [-0.1, -0.05) is 41.4 Å². The normalized spacial score (nSPS) is 10.6. The van der Waals surface area contributed by atoms with Gasteiger partial charge in [0, 0.05) is 12.1 Å². The molecule has 0 aliphatic carbocycles. The molecule has 1 aromatic heterocycles. The van der Waals surface area contributed by atoms with Crippen LogP contribution in [0.3, 0.4) is 0 Å². The molecule has 3 aromatic carbocycles. The summed E-state index contributed by atoms with van der Waals surface area (Å²) in [5.74, 6) is 1.97. The van der Waals surface area contributed by atoms with Crippen molar-refractivity contribution in [3.05, 3.63) is 77.1 Å². The van der Waals surface area contributed by atoms with Crippen molar-refractivity contribution in [2.75, 3.05) is 19.5 Å². The third-order valence-corrected chi connectivity index (χ3v) is 5.52. The highest BCUT2D eigenvalue weighted by atomic mass is 35.5. The van der Waals surface area contributed by atoms with E-state index in [1.54, 1.807) is 44.6 Å². The highest BCUT2D eigenvalue weighted by Gasteiger charge is 2.13. The third kappa shape index (κ3) is 5.47. The number of rotatable bonds is 7. The largest absolute Gasteiger partial charge is 0.493 e. The number of benzene rings is 3. The van der Waals surface area contributed by atoms with Gasteiger partial charge < -0.3 is 24.3 Å². The molecule has 34 heavy (non-hydrogen) atoms. The number of methoxy groups -OCH3 is 2. The number of aryl methyl sites for hydroxylation is 1.